The van der Waals surface area contributed by atoms with Gasteiger partial charge in [-0.05, 0) is 35.1 Å². The maximum absolute atomic E-state index is 4.32. The molecule has 0 radical (unpaired) electrons. The minimum atomic E-state index is 0.785. The topological polar surface area (TPSA) is 37.8 Å². The molecule has 0 aliphatic carbocycles. The van der Waals surface area contributed by atoms with E-state index in [1.54, 1.807) is 0 Å². The molecule has 0 saturated heterocycles. The van der Waals surface area contributed by atoms with E-state index in [0.29, 0.717) is 0 Å². The summed E-state index contributed by atoms with van der Waals surface area (Å²) in [5.41, 5.74) is 1.24. The molecule has 2 rings (SSSR count). The first-order valence-electron chi connectivity index (χ1n) is 5.03. The van der Waals surface area contributed by atoms with Gasteiger partial charge in [-0.1, -0.05) is 30.3 Å². The van der Waals surface area contributed by atoms with Gasteiger partial charge >= 0.3 is 0 Å². The third-order valence-electron chi connectivity index (χ3n) is 2.12. The maximum Gasteiger partial charge on any atom is 0.131 e. The first-order chi connectivity index (χ1) is 7.74. The Labute approximate surface area is 108 Å². The zero-order chi connectivity index (χ0) is 11.4. The quantitative estimate of drug-likeness (QED) is 0.696. The second-order valence-electron chi connectivity index (χ2n) is 3.46. The lowest BCUT2D eigenvalue weighted by atomic mass is 10.2. The van der Waals surface area contributed by atoms with Gasteiger partial charge in [0.25, 0.3) is 0 Å². The predicted molar refractivity (Wildman–Crippen MR) is 73.3 cm³/mol. The van der Waals surface area contributed by atoms with Crippen molar-refractivity contribution in [3.05, 3.63) is 51.5 Å². The molecule has 0 fully saturated rings. The monoisotopic (exact) mass is 325 g/mol. The molecule has 0 unspecified atom stereocenters. The number of anilines is 1. The number of nitrogens with one attached hydrogen (secondary N) is 1. The van der Waals surface area contributed by atoms with E-state index in [4.69, 9.17) is 0 Å². The molecule has 1 N–H and O–H groups in total. The molecular formula is C12H12IN3. The minimum Gasteiger partial charge on any atom is -0.366 e. The van der Waals surface area contributed by atoms with E-state index in [9.17, 15) is 0 Å². The molecule has 4 heteroatoms. The average Bonchev–Trinajstić information content (AvgIpc) is 2.27. The largest absolute Gasteiger partial charge is 0.366 e. The van der Waals surface area contributed by atoms with Crippen LogP contribution in [0.4, 0.5) is 5.82 Å². The summed E-state index contributed by atoms with van der Waals surface area (Å²) in [6.45, 7) is 2.68. The van der Waals surface area contributed by atoms with Crippen LogP contribution in [0, 0.1) is 10.6 Å². The first-order valence-corrected chi connectivity index (χ1v) is 6.11. The summed E-state index contributed by atoms with van der Waals surface area (Å²) in [5, 5.41) is 3.29. The molecule has 1 aromatic carbocycles. The molecule has 3 nitrogen and oxygen atoms in total. The Morgan fingerprint density at radius 2 is 1.94 bits per heavy atom. The van der Waals surface area contributed by atoms with Crippen LogP contribution in [0.2, 0.25) is 0 Å². The van der Waals surface area contributed by atoms with Crippen molar-refractivity contribution in [3.63, 3.8) is 0 Å². The molecule has 0 atom stereocenters. The zero-order valence-electron chi connectivity index (χ0n) is 8.94. The normalized spacial score (nSPS) is 10.1. The molecule has 82 valence electrons. The third kappa shape index (κ3) is 3.16. The van der Waals surface area contributed by atoms with Gasteiger partial charge < -0.3 is 5.32 Å². The number of nitrogens with zero attached hydrogens (tertiary/aromatic N) is 2. The van der Waals surface area contributed by atoms with Gasteiger partial charge in [-0.15, -0.1) is 0 Å². The van der Waals surface area contributed by atoms with Gasteiger partial charge in [0.2, 0.25) is 0 Å². The van der Waals surface area contributed by atoms with E-state index in [0.717, 1.165) is 21.9 Å². The van der Waals surface area contributed by atoms with Crippen LogP contribution in [-0.2, 0) is 6.54 Å². The zero-order valence-corrected chi connectivity index (χ0v) is 11.1. The van der Waals surface area contributed by atoms with Crippen molar-refractivity contribution < 1.29 is 0 Å². The molecule has 1 aromatic heterocycles. The van der Waals surface area contributed by atoms with E-state index in [1.807, 2.05) is 31.2 Å². The van der Waals surface area contributed by atoms with Crippen molar-refractivity contribution in [1.82, 2.24) is 9.97 Å². The highest BCUT2D eigenvalue weighted by molar-refractivity contribution is 14.1. The Hall–Kier alpha value is -1.17. The fourth-order valence-electron chi connectivity index (χ4n) is 1.41. The van der Waals surface area contributed by atoms with Gasteiger partial charge in [-0.3, -0.25) is 0 Å². The molecule has 2 aromatic rings. The lowest BCUT2D eigenvalue weighted by molar-refractivity contribution is 1.01. The van der Waals surface area contributed by atoms with Crippen molar-refractivity contribution in [2.45, 2.75) is 13.5 Å². The number of hydrogen-bond acceptors (Lipinski definition) is 3. The van der Waals surface area contributed by atoms with Crippen molar-refractivity contribution in [2.24, 2.45) is 0 Å². The van der Waals surface area contributed by atoms with Crippen molar-refractivity contribution in [1.29, 1.82) is 0 Å². The molecular weight excluding hydrogens is 313 g/mol. The Morgan fingerprint density at radius 3 is 2.62 bits per heavy atom. The van der Waals surface area contributed by atoms with Crippen molar-refractivity contribution in [3.8, 4) is 0 Å². The van der Waals surface area contributed by atoms with Crippen LogP contribution >= 0.6 is 22.6 Å². The van der Waals surface area contributed by atoms with E-state index >= 15 is 0 Å². The first kappa shape index (κ1) is 11.3. The van der Waals surface area contributed by atoms with Crippen LogP contribution in [0.15, 0.2) is 36.4 Å². The van der Waals surface area contributed by atoms with Crippen LogP contribution in [0.5, 0.6) is 0 Å². The number of benzene rings is 1. The summed E-state index contributed by atoms with van der Waals surface area (Å²) < 4.78 is 0.959. The highest BCUT2D eigenvalue weighted by Gasteiger charge is 1.99. The second kappa shape index (κ2) is 5.25. The molecule has 16 heavy (non-hydrogen) atoms. The number of hydrogen-bond donors (Lipinski definition) is 1. The molecule has 0 saturated carbocycles. The SMILES string of the molecule is Cc1nc(I)cc(NCc2ccccc2)n1. The minimum absolute atomic E-state index is 0.785. The Kier molecular flexibility index (Phi) is 3.71. The predicted octanol–water partition coefficient (Wildman–Crippen LogP) is 3.00. The second-order valence-corrected chi connectivity index (χ2v) is 4.57. The average molecular weight is 325 g/mol. The Balaban J connectivity index is 2.05. The molecule has 0 bridgehead atoms. The van der Waals surface area contributed by atoms with Gasteiger partial charge in [0.1, 0.15) is 15.3 Å². The fraction of sp³-hybridized carbons (Fsp3) is 0.167. The summed E-state index contributed by atoms with van der Waals surface area (Å²) in [7, 11) is 0. The lowest BCUT2D eigenvalue weighted by Crippen LogP contribution is -2.03. The van der Waals surface area contributed by atoms with Gasteiger partial charge in [0.15, 0.2) is 0 Å². The fourth-order valence-corrected chi connectivity index (χ4v) is 2.05. The van der Waals surface area contributed by atoms with Crippen LogP contribution in [0.3, 0.4) is 0 Å². The number of aromatic nitrogens is 2. The summed E-state index contributed by atoms with van der Waals surface area (Å²) in [6.07, 6.45) is 0. The van der Waals surface area contributed by atoms with Crippen LogP contribution in [0.1, 0.15) is 11.4 Å². The van der Waals surface area contributed by atoms with Crippen molar-refractivity contribution >= 4 is 28.4 Å². The van der Waals surface area contributed by atoms with Crippen LogP contribution in [-0.4, -0.2) is 9.97 Å². The van der Waals surface area contributed by atoms with Crippen molar-refractivity contribution in [2.75, 3.05) is 5.32 Å². The molecule has 0 aliphatic heterocycles. The van der Waals surface area contributed by atoms with Gasteiger partial charge in [0, 0.05) is 12.6 Å². The Bertz CT molecular complexity index is 451. The molecule has 1 heterocycles. The van der Waals surface area contributed by atoms with E-state index in [-0.39, 0.29) is 0 Å². The van der Waals surface area contributed by atoms with Gasteiger partial charge in [0.05, 0.1) is 0 Å². The highest BCUT2D eigenvalue weighted by atomic mass is 127. The Morgan fingerprint density at radius 1 is 1.19 bits per heavy atom. The highest BCUT2D eigenvalue weighted by Crippen LogP contribution is 2.10. The van der Waals surface area contributed by atoms with E-state index in [2.05, 4.69) is 50.0 Å². The van der Waals surface area contributed by atoms with Gasteiger partial charge in [-0.25, -0.2) is 9.97 Å². The van der Waals surface area contributed by atoms with Crippen LogP contribution < -0.4 is 5.32 Å². The summed E-state index contributed by atoms with van der Waals surface area (Å²) in [4.78, 5) is 8.55. The summed E-state index contributed by atoms with van der Waals surface area (Å²) in [6, 6.07) is 12.2. The number of aryl methyl sites for hydroxylation is 1. The molecule has 0 aliphatic rings. The molecule has 0 spiro atoms. The van der Waals surface area contributed by atoms with E-state index in [1.165, 1.54) is 5.56 Å². The van der Waals surface area contributed by atoms with Gasteiger partial charge in [-0.2, -0.15) is 0 Å². The summed E-state index contributed by atoms with van der Waals surface area (Å²) in [5.74, 6) is 1.67. The van der Waals surface area contributed by atoms with E-state index < -0.39 is 0 Å². The smallest absolute Gasteiger partial charge is 0.131 e. The van der Waals surface area contributed by atoms with Crippen LogP contribution in [0.25, 0.3) is 0 Å². The number of halogens is 1. The summed E-state index contributed by atoms with van der Waals surface area (Å²) >= 11 is 2.19. The standard InChI is InChI=1S/C12H12IN3/c1-9-15-11(13)7-12(16-9)14-8-10-5-3-2-4-6-10/h2-7H,8H2,1H3,(H,14,15,16). The molecule has 0 amide bonds. The third-order valence-corrected chi connectivity index (χ3v) is 2.68. The maximum atomic E-state index is 4.32. The number of rotatable bonds is 3. The lowest BCUT2D eigenvalue weighted by Gasteiger charge is -2.06.